The predicted octanol–water partition coefficient (Wildman–Crippen LogP) is 1.10. The topological polar surface area (TPSA) is 42.2 Å². The van der Waals surface area contributed by atoms with Crippen LogP contribution in [0.15, 0.2) is 18.3 Å². The normalized spacial score (nSPS) is 10.9. The molecule has 0 aromatic carbocycles. The Balaban J connectivity index is 2.49. The van der Waals surface area contributed by atoms with Gasteiger partial charge in [0.25, 0.3) is 0 Å². The Morgan fingerprint density at radius 2 is 2.46 bits per heavy atom. The Bertz CT molecular complexity index is 423. The van der Waals surface area contributed by atoms with E-state index in [4.69, 9.17) is 11.6 Å². The Kier molecular flexibility index (Phi) is 2.16. The van der Waals surface area contributed by atoms with Gasteiger partial charge in [-0.3, -0.25) is 0 Å². The van der Waals surface area contributed by atoms with E-state index in [0.29, 0.717) is 11.6 Å². The molecule has 4 nitrogen and oxygen atoms in total. The van der Waals surface area contributed by atoms with E-state index in [1.807, 2.05) is 7.05 Å². The molecule has 0 aliphatic carbocycles. The number of pyridine rings is 1. The SMILES string of the molecule is CNCc1nc2cc(Cl)ccn2n1. The number of rotatable bonds is 2. The fraction of sp³-hybridized carbons (Fsp3) is 0.250. The molecule has 2 aromatic heterocycles. The van der Waals surface area contributed by atoms with E-state index in [1.165, 1.54) is 0 Å². The molecule has 0 amide bonds. The van der Waals surface area contributed by atoms with Gasteiger partial charge in [0.2, 0.25) is 0 Å². The van der Waals surface area contributed by atoms with Crippen molar-refractivity contribution in [1.82, 2.24) is 19.9 Å². The summed E-state index contributed by atoms with van der Waals surface area (Å²) < 4.78 is 1.71. The first-order chi connectivity index (χ1) is 6.29. The minimum Gasteiger partial charge on any atom is -0.313 e. The summed E-state index contributed by atoms with van der Waals surface area (Å²) in [5.41, 5.74) is 0.776. The maximum absolute atomic E-state index is 5.81. The van der Waals surface area contributed by atoms with E-state index in [9.17, 15) is 0 Å². The van der Waals surface area contributed by atoms with Crippen molar-refractivity contribution in [3.8, 4) is 0 Å². The standard InChI is InChI=1S/C8H9ClN4/c1-10-5-7-11-8-4-6(9)2-3-13(8)12-7/h2-4,10H,5H2,1H3. The lowest BCUT2D eigenvalue weighted by Crippen LogP contribution is -2.06. The Labute approximate surface area is 80.5 Å². The molecule has 1 N–H and O–H groups in total. The highest BCUT2D eigenvalue weighted by molar-refractivity contribution is 6.30. The lowest BCUT2D eigenvalue weighted by atomic mass is 10.5. The summed E-state index contributed by atoms with van der Waals surface area (Å²) >= 11 is 5.81. The summed E-state index contributed by atoms with van der Waals surface area (Å²) in [7, 11) is 1.86. The molecule has 0 saturated heterocycles. The summed E-state index contributed by atoms with van der Waals surface area (Å²) in [6, 6.07) is 3.57. The zero-order valence-electron chi connectivity index (χ0n) is 7.16. The van der Waals surface area contributed by atoms with Crippen LogP contribution in [-0.4, -0.2) is 21.6 Å². The van der Waals surface area contributed by atoms with Crippen molar-refractivity contribution in [1.29, 1.82) is 0 Å². The highest BCUT2D eigenvalue weighted by atomic mass is 35.5. The summed E-state index contributed by atoms with van der Waals surface area (Å²) in [4.78, 5) is 4.27. The van der Waals surface area contributed by atoms with Crippen LogP contribution in [-0.2, 0) is 6.54 Å². The number of aromatic nitrogens is 3. The summed E-state index contributed by atoms with van der Waals surface area (Å²) in [6.45, 7) is 0.666. The highest BCUT2D eigenvalue weighted by Crippen LogP contribution is 2.10. The molecule has 0 radical (unpaired) electrons. The van der Waals surface area contributed by atoms with Crippen LogP contribution in [0.25, 0.3) is 5.65 Å². The Morgan fingerprint density at radius 1 is 1.62 bits per heavy atom. The monoisotopic (exact) mass is 196 g/mol. The second kappa shape index (κ2) is 3.32. The average Bonchev–Trinajstić information content (AvgIpc) is 2.46. The van der Waals surface area contributed by atoms with Gasteiger partial charge in [-0.2, -0.15) is 0 Å². The van der Waals surface area contributed by atoms with Crippen LogP contribution >= 0.6 is 11.6 Å². The minimum absolute atomic E-state index is 0.666. The number of hydrogen-bond acceptors (Lipinski definition) is 3. The molecule has 0 unspecified atom stereocenters. The molecular formula is C8H9ClN4. The van der Waals surface area contributed by atoms with Crippen molar-refractivity contribution in [3.63, 3.8) is 0 Å². The molecule has 0 fully saturated rings. The van der Waals surface area contributed by atoms with E-state index in [0.717, 1.165) is 11.5 Å². The van der Waals surface area contributed by atoms with Crippen LogP contribution in [0.2, 0.25) is 5.02 Å². The first-order valence-electron chi connectivity index (χ1n) is 3.95. The van der Waals surface area contributed by atoms with Crippen molar-refractivity contribution in [2.75, 3.05) is 7.05 Å². The fourth-order valence-electron chi connectivity index (χ4n) is 1.14. The third kappa shape index (κ3) is 1.64. The Hall–Kier alpha value is -1.13. The zero-order chi connectivity index (χ0) is 9.26. The number of fused-ring (bicyclic) bond motifs is 1. The van der Waals surface area contributed by atoms with Gasteiger partial charge in [0.15, 0.2) is 11.5 Å². The molecule has 2 heterocycles. The smallest absolute Gasteiger partial charge is 0.165 e. The molecule has 0 bridgehead atoms. The van der Waals surface area contributed by atoms with Gasteiger partial charge >= 0.3 is 0 Å². The summed E-state index contributed by atoms with van der Waals surface area (Å²) in [5, 5.41) is 7.89. The minimum atomic E-state index is 0.666. The molecular weight excluding hydrogens is 188 g/mol. The molecule has 0 aliphatic rings. The van der Waals surface area contributed by atoms with Crippen molar-refractivity contribution in [2.24, 2.45) is 0 Å². The van der Waals surface area contributed by atoms with E-state index in [2.05, 4.69) is 15.4 Å². The first-order valence-corrected chi connectivity index (χ1v) is 4.33. The van der Waals surface area contributed by atoms with E-state index >= 15 is 0 Å². The van der Waals surface area contributed by atoms with Gasteiger partial charge in [-0.1, -0.05) is 11.6 Å². The lowest BCUT2D eigenvalue weighted by Gasteiger charge is -1.89. The highest BCUT2D eigenvalue weighted by Gasteiger charge is 2.01. The fourth-order valence-corrected chi connectivity index (χ4v) is 1.29. The van der Waals surface area contributed by atoms with Crippen LogP contribution in [0.1, 0.15) is 5.82 Å². The zero-order valence-corrected chi connectivity index (χ0v) is 7.91. The predicted molar refractivity (Wildman–Crippen MR) is 50.8 cm³/mol. The van der Waals surface area contributed by atoms with E-state index in [-0.39, 0.29) is 0 Å². The summed E-state index contributed by atoms with van der Waals surface area (Å²) in [6.07, 6.45) is 1.80. The van der Waals surface area contributed by atoms with Crippen LogP contribution in [0.5, 0.6) is 0 Å². The third-order valence-corrected chi connectivity index (χ3v) is 1.91. The number of hydrogen-bond donors (Lipinski definition) is 1. The molecule has 0 aliphatic heterocycles. The number of nitrogens with one attached hydrogen (secondary N) is 1. The number of halogens is 1. The van der Waals surface area contributed by atoms with Gasteiger partial charge in [-0.15, -0.1) is 5.10 Å². The van der Waals surface area contributed by atoms with Crippen molar-refractivity contribution < 1.29 is 0 Å². The molecule has 13 heavy (non-hydrogen) atoms. The van der Waals surface area contributed by atoms with Crippen LogP contribution < -0.4 is 5.32 Å². The first kappa shape index (κ1) is 8.47. The third-order valence-electron chi connectivity index (χ3n) is 1.68. The van der Waals surface area contributed by atoms with Gasteiger partial charge in [-0.25, -0.2) is 9.50 Å². The van der Waals surface area contributed by atoms with Gasteiger partial charge in [0.05, 0.1) is 6.54 Å². The summed E-state index contributed by atoms with van der Waals surface area (Å²) in [5.74, 6) is 0.768. The van der Waals surface area contributed by atoms with E-state index in [1.54, 1.807) is 22.8 Å². The van der Waals surface area contributed by atoms with Crippen molar-refractivity contribution >= 4 is 17.2 Å². The van der Waals surface area contributed by atoms with Gasteiger partial charge in [0.1, 0.15) is 0 Å². The molecule has 0 spiro atoms. The quantitative estimate of drug-likeness (QED) is 0.782. The second-order valence-corrected chi connectivity index (χ2v) is 3.14. The molecule has 0 atom stereocenters. The maximum Gasteiger partial charge on any atom is 0.165 e. The van der Waals surface area contributed by atoms with Crippen LogP contribution in [0, 0.1) is 0 Å². The second-order valence-electron chi connectivity index (χ2n) is 2.71. The van der Waals surface area contributed by atoms with Crippen molar-refractivity contribution in [2.45, 2.75) is 6.54 Å². The van der Waals surface area contributed by atoms with Crippen molar-refractivity contribution in [3.05, 3.63) is 29.2 Å². The molecule has 2 aromatic rings. The molecule has 2 rings (SSSR count). The maximum atomic E-state index is 5.81. The van der Waals surface area contributed by atoms with E-state index < -0.39 is 0 Å². The lowest BCUT2D eigenvalue weighted by molar-refractivity contribution is 0.752. The average molecular weight is 197 g/mol. The molecule has 5 heteroatoms. The molecule has 68 valence electrons. The largest absolute Gasteiger partial charge is 0.313 e. The van der Waals surface area contributed by atoms with Gasteiger partial charge < -0.3 is 5.32 Å². The van der Waals surface area contributed by atoms with Gasteiger partial charge in [-0.05, 0) is 13.1 Å². The number of nitrogens with zero attached hydrogens (tertiary/aromatic N) is 3. The Morgan fingerprint density at radius 3 is 3.23 bits per heavy atom. The van der Waals surface area contributed by atoms with Crippen LogP contribution in [0.4, 0.5) is 0 Å². The molecule has 0 saturated carbocycles. The van der Waals surface area contributed by atoms with Gasteiger partial charge in [0, 0.05) is 17.3 Å². The van der Waals surface area contributed by atoms with Crippen LogP contribution in [0.3, 0.4) is 0 Å².